The van der Waals surface area contributed by atoms with E-state index in [2.05, 4.69) is 7.05 Å². The maximum absolute atomic E-state index is 12.2. The molecule has 3 aliphatic carbocycles. The maximum atomic E-state index is 12.2. The molecule has 3 fully saturated rings. The average Bonchev–Trinajstić information content (AvgIpc) is 3.34. The molecule has 1 spiro atoms. The number of likely N-dealkylation sites (tertiary alicyclic amines) is 1. The minimum absolute atomic E-state index is 0. The lowest BCUT2D eigenvalue weighted by Crippen LogP contribution is -2.81. The van der Waals surface area contributed by atoms with Gasteiger partial charge in [0.05, 0.1) is 31.7 Å². The molecule has 2 bridgehead atoms. The van der Waals surface area contributed by atoms with Gasteiger partial charge in [-0.1, -0.05) is 0 Å². The van der Waals surface area contributed by atoms with Crippen LogP contribution in [0.2, 0.25) is 0 Å². The molecule has 0 radical (unpaired) electrons. The van der Waals surface area contributed by atoms with Gasteiger partial charge in [0, 0.05) is 24.3 Å². The lowest BCUT2D eigenvalue weighted by atomic mass is 9.48. The number of phenols is 2. The summed E-state index contributed by atoms with van der Waals surface area (Å²) < 4.78 is 6.95. The Morgan fingerprint density at radius 3 is 2.68 bits per heavy atom. The van der Waals surface area contributed by atoms with Gasteiger partial charge in [-0.3, -0.25) is 0 Å². The van der Waals surface area contributed by atoms with Gasteiger partial charge in [0.2, 0.25) is 5.75 Å². The SMILES string of the molecule is C[N@+]1(CC2CC2)CC[C@]23c4c5cc(O)c(O)c4O[C@H]2C(O)CC[C@@]3(O)[C@H]1C5.[CH3-]. The van der Waals surface area contributed by atoms with Gasteiger partial charge in [-0.15, -0.1) is 0 Å². The molecule has 28 heavy (non-hydrogen) atoms. The van der Waals surface area contributed by atoms with Gasteiger partial charge in [-0.2, -0.15) is 0 Å². The molecule has 6 atom stereocenters. The lowest BCUT2D eigenvalue weighted by Gasteiger charge is -2.65. The van der Waals surface area contributed by atoms with E-state index in [0.717, 1.165) is 41.0 Å². The summed E-state index contributed by atoms with van der Waals surface area (Å²) in [4.78, 5) is 0. The number of rotatable bonds is 2. The molecule has 6 nitrogen and oxygen atoms in total. The van der Waals surface area contributed by atoms with Crippen LogP contribution in [-0.2, 0) is 11.8 Å². The highest BCUT2D eigenvalue weighted by atomic mass is 16.5. The Balaban J connectivity index is 0.00000171. The third-order valence-electron chi connectivity index (χ3n) is 8.54. The van der Waals surface area contributed by atoms with Crippen molar-refractivity contribution in [3.63, 3.8) is 0 Å². The number of quaternary nitrogens is 1. The van der Waals surface area contributed by atoms with Crippen LogP contribution < -0.4 is 4.74 Å². The largest absolute Gasteiger partial charge is 0.504 e. The van der Waals surface area contributed by atoms with E-state index in [0.29, 0.717) is 19.3 Å². The van der Waals surface area contributed by atoms with Crippen molar-refractivity contribution in [1.29, 1.82) is 0 Å². The van der Waals surface area contributed by atoms with E-state index in [1.165, 1.54) is 12.8 Å². The quantitative estimate of drug-likeness (QED) is 0.351. The van der Waals surface area contributed by atoms with Crippen molar-refractivity contribution in [1.82, 2.24) is 0 Å². The summed E-state index contributed by atoms with van der Waals surface area (Å²) in [5, 5.41) is 43.7. The molecular formula is C22H31NO5. The summed E-state index contributed by atoms with van der Waals surface area (Å²) in [5.74, 6) is 0.605. The molecule has 5 aliphatic rings. The number of ether oxygens (including phenoxy) is 1. The highest BCUT2D eigenvalue weighted by molar-refractivity contribution is 5.66. The third kappa shape index (κ3) is 1.89. The van der Waals surface area contributed by atoms with Gasteiger partial charge in [0.25, 0.3) is 0 Å². The van der Waals surface area contributed by atoms with Gasteiger partial charge >= 0.3 is 0 Å². The lowest BCUT2D eigenvalue weighted by molar-refractivity contribution is -0.950. The number of benzene rings is 1. The molecule has 154 valence electrons. The molecule has 2 aliphatic heterocycles. The molecule has 6 heteroatoms. The van der Waals surface area contributed by atoms with E-state index in [1.54, 1.807) is 6.07 Å². The fraction of sp³-hybridized carbons (Fsp3) is 0.682. The monoisotopic (exact) mass is 389 g/mol. The Labute approximate surface area is 166 Å². The van der Waals surface area contributed by atoms with Gasteiger partial charge in [0.15, 0.2) is 11.5 Å². The second-order valence-corrected chi connectivity index (χ2v) is 9.95. The molecule has 1 unspecified atom stereocenters. The molecule has 0 aromatic heterocycles. The number of nitrogens with zero attached hydrogens (tertiary/aromatic N) is 1. The zero-order valence-corrected chi connectivity index (χ0v) is 16.7. The van der Waals surface area contributed by atoms with Gasteiger partial charge in [-0.05, 0) is 37.3 Å². The van der Waals surface area contributed by atoms with E-state index in [-0.39, 0.29) is 30.7 Å². The molecule has 1 saturated heterocycles. The molecule has 6 rings (SSSR count). The average molecular weight is 389 g/mol. The van der Waals surface area contributed by atoms with Crippen molar-refractivity contribution < 1.29 is 29.6 Å². The molecule has 1 aromatic rings. The molecule has 0 amide bonds. The Kier molecular flexibility index (Phi) is 3.54. The summed E-state index contributed by atoms with van der Waals surface area (Å²) >= 11 is 0. The van der Waals surface area contributed by atoms with Crippen LogP contribution in [0.1, 0.15) is 43.2 Å². The number of hydrogen-bond donors (Lipinski definition) is 4. The highest BCUT2D eigenvalue weighted by Gasteiger charge is 2.76. The molecule has 2 heterocycles. The second-order valence-electron chi connectivity index (χ2n) is 9.95. The first-order valence-corrected chi connectivity index (χ1v) is 10.3. The van der Waals surface area contributed by atoms with Crippen LogP contribution in [-0.4, -0.2) is 68.9 Å². The minimum atomic E-state index is -0.958. The van der Waals surface area contributed by atoms with Crippen LogP contribution >= 0.6 is 0 Å². The van der Waals surface area contributed by atoms with E-state index >= 15 is 0 Å². The fourth-order valence-corrected chi connectivity index (χ4v) is 7.19. The summed E-state index contributed by atoms with van der Waals surface area (Å²) in [6.45, 7) is 2.03. The Hall–Kier alpha value is -1.50. The topological polar surface area (TPSA) is 90.2 Å². The molecule has 4 N–H and O–H groups in total. The molecule has 1 aromatic carbocycles. The summed E-state index contributed by atoms with van der Waals surface area (Å²) in [6, 6.07) is 1.68. The van der Waals surface area contributed by atoms with Crippen molar-refractivity contribution in [2.45, 2.75) is 67.8 Å². The molecule has 2 saturated carbocycles. The fourth-order valence-electron chi connectivity index (χ4n) is 7.19. The van der Waals surface area contributed by atoms with Crippen LogP contribution in [0.5, 0.6) is 17.2 Å². The number of hydrogen-bond acceptors (Lipinski definition) is 5. The van der Waals surface area contributed by atoms with Gasteiger partial charge in [0.1, 0.15) is 17.7 Å². The van der Waals surface area contributed by atoms with Crippen LogP contribution in [0.4, 0.5) is 0 Å². The van der Waals surface area contributed by atoms with Crippen molar-refractivity contribution in [3.05, 3.63) is 24.6 Å². The van der Waals surface area contributed by atoms with Gasteiger partial charge in [-0.25, -0.2) is 0 Å². The minimum Gasteiger partial charge on any atom is -0.504 e. The predicted molar refractivity (Wildman–Crippen MR) is 103 cm³/mol. The zero-order chi connectivity index (χ0) is 18.8. The zero-order valence-electron chi connectivity index (χ0n) is 16.7. The van der Waals surface area contributed by atoms with Crippen LogP contribution in [0.25, 0.3) is 0 Å². The normalized spacial score (nSPS) is 45.0. The van der Waals surface area contributed by atoms with Crippen molar-refractivity contribution in [2.24, 2.45) is 5.92 Å². The van der Waals surface area contributed by atoms with Crippen LogP contribution in [0.15, 0.2) is 6.07 Å². The first kappa shape index (κ1) is 18.5. The summed E-state index contributed by atoms with van der Waals surface area (Å²) in [7, 11) is 2.27. The summed E-state index contributed by atoms with van der Waals surface area (Å²) in [5.41, 5.74) is 0.162. The number of aliphatic hydroxyl groups is 2. The van der Waals surface area contributed by atoms with Crippen LogP contribution in [0.3, 0.4) is 0 Å². The van der Waals surface area contributed by atoms with Gasteiger partial charge < -0.3 is 37.1 Å². The Morgan fingerprint density at radius 2 is 1.96 bits per heavy atom. The second kappa shape index (κ2) is 5.35. The van der Waals surface area contributed by atoms with E-state index in [9.17, 15) is 20.4 Å². The van der Waals surface area contributed by atoms with Crippen molar-refractivity contribution in [2.75, 3.05) is 20.1 Å². The number of phenolic OH excluding ortho intramolecular Hbond substituents is 2. The maximum Gasteiger partial charge on any atom is 0.200 e. The molecular weight excluding hydrogens is 358 g/mol. The highest BCUT2D eigenvalue weighted by Crippen LogP contribution is 2.67. The summed E-state index contributed by atoms with van der Waals surface area (Å²) in [6.07, 6.45) is 3.78. The third-order valence-corrected chi connectivity index (χ3v) is 8.54. The Morgan fingerprint density at radius 1 is 1.21 bits per heavy atom. The van der Waals surface area contributed by atoms with E-state index in [1.807, 2.05) is 0 Å². The number of piperidine rings is 1. The smallest absolute Gasteiger partial charge is 0.200 e. The van der Waals surface area contributed by atoms with E-state index < -0.39 is 23.2 Å². The standard InChI is InChI=1S/C21H27NO5.CH3/c1-22(10-11-2-3-11)7-6-20-16-12-8-14(24)17(25)18(16)27-19(20)13(23)4-5-21(20,26)15(22)9-12;/h8,11,13,15,19,23,26H,2-7,9-10H2,1H3,(H-,24,25);1H3/q;-1/p+1/t13?,15-,19+,20+,21-,22-;/m1./s1. The van der Waals surface area contributed by atoms with Crippen LogP contribution in [0, 0.1) is 13.3 Å². The first-order valence-electron chi connectivity index (χ1n) is 10.3. The van der Waals surface area contributed by atoms with Crippen molar-refractivity contribution in [3.8, 4) is 17.2 Å². The van der Waals surface area contributed by atoms with Crippen molar-refractivity contribution >= 4 is 0 Å². The number of likely N-dealkylation sites (N-methyl/N-ethyl adjacent to an activating group) is 1. The number of aromatic hydroxyl groups is 2. The predicted octanol–water partition coefficient (Wildman–Crippen LogP) is 1.62. The van der Waals surface area contributed by atoms with E-state index in [4.69, 9.17) is 4.74 Å². The Bertz CT molecular complexity index is 854. The number of aliphatic hydroxyl groups excluding tert-OH is 1. The first-order chi connectivity index (χ1) is 12.8.